The molecule has 0 aliphatic heterocycles. The van der Waals surface area contributed by atoms with Gasteiger partial charge in [0.2, 0.25) is 15.9 Å². The molecule has 6 aromatic rings. The highest BCUT2D eigenvalue weighted by Gasteiger charge is 2.63. The first-order valence-electron chi connectivity index (χ1n) is 17.5. The summed E-state index contributed by atoms with van der Waals surface area (Å²) in [6.45, 7) is -1.08. The Kier molecular flexibility index (Phi) is 9.49. The summed E-state index contributed by atoms with van der Waals surface area (Å²) in [6.07, 6.45) is -1.54. The molecule has 2 aromatic carbocycles. The van der Waals surface area contributed by atoms with Gasteiger partial charge in [0.15, 0.2) is 17.3 Å². The standard InChI is InChI=1S/C37H29ClF7N9O3S/c1-53-31-21(5-8-24(38)29(31)35(51-53)52-58(2,56)57)20-6-9-25(34-46-10-3-11-47-34)49-30(20)26(14-17-12-18(39)15-19(40)13-17)48-27(55)16-54-33-28(32(50-54)37(43,44)45)22-4-7-23(22)36(33,41)42/h3,5-6,8-13,15,22-23,26H,4,7,14,16H2,1-2H3,(H,48,55)(H,51,52). The number of carbonyl (C=O) groups excluding carboxylic acids is 1. The zero-order valence-electron chi connectivity index (χ0n) is 30.1. The smallest absolute Gasteiger partial charge is 0.346 e. The molecule has 0 radical (unpaired) electrons. The van der Waals surface area contributed by atoms with E-state index in [0.717, 1.165) is 18.4 Å². The summed E-state index contributed by atoms with van der Waals surface area (Å²) >= 11 is 6.59. The van der Waals surface area contributed by atoms with Crippen molar-refractivity contribution >= 4 is 44.3 Å². The van der Waals surface area contributed by atoms with E-state index in [4.69, 9.17) is 16.6 Å². The molecular weight excluding hydrogens is 819 g/mol. The molecule has 58 heavy (non-hydrogen) atoms. The van der Waals surface area contributed by atoms with Gasteiger partial charge < -0.3 is 5.32 Å². The second kappa shape index (κ2) is 14.0. The van der Waals surface area contributed by atoms with Crippen LogP contribution in [-0.2, 0) is 46.9 Å². The lowest BCUT2D eigenvalue weighted by Gasteiger charge is -2.34. The number of hydrogen-bond donors (Lipinski definition) is 2. The number of nitrogens with zero attached hydrogens (tertiary/aromatic N) is 7. The number of fused-ring (bicyclic) bond motifs is 4. The monoisotopic (exact) mass is 847 g/mol. The number of alkyl halides is 5. The van der Waals surface area contributed by atoms with Crippen molar-refractivity contribution in [2.24, 2.45) is 13.0 Å². The fourth-order valence-corrected chi connectivity index (χ4v) is 8.62. The molecular formula is C37H29ClF7N9O3S. The second-order valence-corrected chi connectivity index (χ2v) is 16.3. The summed E-state index contributed by atoms with van der Waals surface area (Å²) in [5, 5.41) is 10.8. The molecule has 2 N–H and O–H groups in total. The van der Waals surface area contributed by atoms with E-state index < -0.39 is 81.0 Å². The van der Waals surface area contributed by atoms with Crippen molar-refractivity contribution in [1.29, 1.82) is 0 Å². The van der Waals surface area contributed by atoms with Crippen molar-refractivity contribution in [1.82, 2.24) is 39.8 Å². The lowest BCUT2D eigenvalue weighted by atomic mass is 9.73. The number of carbonyl (C=O) groups is 1. The molecule has 302 valence electrons. The van der Waals surface area contributed by atoms with Gasteiger partial charge in [0, 0.05) is 48.1 Å². The molecule has 0 saturated heterocycles. The maximum atomic E-state index is 15.7. The van der Waals surface area contributed by atoms with Gasteiger partial charge in [-0.2, -0.15) is 32.1 Å². The highest BCUT2D eigenvalue weighted by molar-refractivity contribution is 7.92. The highest BCUT2D eigenvalue weighted by atomic mass is 35.5. The predicted octanol–water partition coefficient (Wildman–Crippen LogP) is 7.31. The number of pyridine rings is 1. The molecule has 1 saturated carbocycles. The molecule has 8 rings (SSSR count). The van der Waals surface area contributed by atoms with Gasteiger partial charge in [-0.15, -0.1) is 0 Å². The maximum absolute atomic E-state index is 15.7. The number of anilines is 1. The van der Waals surface area contributed by atoms with Gasteiger partial charge >= 0.3 is 6.18 Å². The largest absolute Gasteiger partial charge is 0.435 e. The van der Waals surface area contributed by atoms with Crippen molar-refractivity contribution < 1.29 is 43.9 Å². The van der Waals surface area contributed by atoms with Crippen LogP contribution in [0.3, 0.4) is 0 Å². The van der Waals surface area contributed by atoms with Gasteiger partial charge in [0.25, 0.3) is 5.92 Å². The van der Waals surface area contributed by atoms with Gasteiger partial charge in [0.05, 0.1) is 33.9 Å². The van der Waals surface area contributed by atoms with Gasteiger partial charge in [-0.3, -0.25) is 18.9 Å². The molecule has 2 aliphatic rings. The fourth-order valence-electron chi connectivity index (χ4n) is 7.88. The van der Waals surface area contributed by atoms with Crippen molar-refractivity contribution in [2.75, 3.05) is 11.0 Å². The first-order chi connectivity index (χ1) is 27.3. The summed E-state index contributed by atoms with van der Waals surface area (Å²) in [5.41, 5.74) is -2.03. The SMILES string of the molecule is Cn1nc(NS(C)(=O)=O)c2c(Cl)ccc(-c3ccc(-c4ncccn4)nc3C(Cc3cc(F)cc(F)c3)NC(=O)Cn3nc(C(F)(F)F)c4c3C(F)(F)C3CCC43)c21. The second-order valence-electron chi connectivity index (χ2n) is 14.1. The Morgan fingerprint density at radius 3 is 2.34 bits per heavy atom. The van der Waals surface area contributed by atoms with Crippen molar-refractivity contribution in [3.63, 3.8) is 0 Å². The van der Waals surface area contributed by atoms with Crippen LogP contribution in [0.4, 0.5) is 36.6 Å². The van der Waals surface area contributed by atoms with E-state index in [1.54, 1.807) is 24.3 Å². The zero-order valence-corrected chi connectivity index (χ0v) is 31.7. The fraction of sp³-hybridized carbons (Fsp3) is 0.297. The molecule has 2 aliphatic carbocycles. The Morgan fingerprint density at radius 2 is 1.71 bits per heavy atom. The third-order valence-corrected chi connectivity index (χ3v) is 11.1. The molecule has 1 fully saturated rings. The molecule has 21 heteroatoms. The lowest BCUT2D eigenvalue weighted by Crippen LogP contribution is -2.36. The summed E-state index contributed by atoms with van der Waals surface area (Å²) in [7, 11) is -2.33. The van der Waals surface area contributed by atoms with E-state index in [9.17, 15) is 35.2 Å². The number of rotatable bonds is 10. The number of amides is 1. The quantitative estimate of drug-likeness (QED) is 0.136. The number of hydrogen-bond acceptors (Lipinski definition) is 8. The molecule has 4 aromatic heterocycles. The third kappa shape index (κ3) is 7.01. The first kappa shape index (κ1) is 39.2. The summed E-state index contributed by atoms with van der Waals surface area (Å²) in [5.74, 6) is -9.09. The molecule has 3 unspecified atom stereocenters. The van der Waals surface area contributed by atoms with Gasteiger partial charge in [-0.25, -0.2) is 32.2 Å². The Balaban J connectivity index is 1.29. The normalized spacial score (nSPS) is 17.8. The van der Waals surface area contributed by atoms with Crippen LogP contribution in [0.5, 0.6) is 0 Å². The molecule has 3 atom stereocenters. The van der Waals surface area contributed by atoms with Crippen molar-refractivity contribution in [3.8, 4) is 22.6 Å². The van der Waals surface area contributed by atoms with E-state index in [-0.39, 0.29) is 69.3 Å². The number of sulfonamides is 1. The van der Waals surface area contributed by atoms with Crippen LogP contribution < -0.4 is 10.0 Å². The number of aryl methyl sites for hydroxylation is 1. The van der Waals surface area contributed by atoms with Crippen LogP contribution in [0.2, 0.25) is 5.02 Å². The Hall–Kier alpha value is -5.63. The van der Waals surface area contributed by atoms with E-state index in [2.05, 4.69) is 30.2 Å². The van der Waals surface area contributed by atoms with E-state index in [1.165, 1.54) is 30.2 Å². The predicted molar refractivity (Wildman–Crippen MR) is 196 cm³/mol. The topological polar surface area (TPSA) is 150 Å². The van der Waals surface area contributed by atoms with Crippen molar-refractivity contribution in [3.05, 3.63) is 106 Å². The van der Waals surface area contributed by atoms with Crippen LogP contribution in [0.15, 0.2) is 60.9 Å². The lowest BCUT2D eigenvalue weighted by molar-refractivity contribution is -0.144. The van der Waals surface area contributed by atoms with Gasteiger partial charge in [-0.1, -0.05) is 23.7 Å². The summed E-state index contributed by atoms with van der Waals surface area (Å²) in [4.78, 5) is 27.3. The first-order valence-corrected chi connectivity index (χ1v) is 19.8. The van der Waals surface area contributed by atoms with Crippen LogP contribution >= 0.6 is 11.6 Å². The highest BCUT2D eigenvalue weighted by Crippen LogP contribution is 2.64. The van der Waals surface area contributed by atoms with Crippen LogP contribution in [0.25, 0.3) is 33.5 Å². The van der Waals surface area contributed by atoms with Gasteiger partial charge in [0.1, 0.15) is 29.6 Å². The molecule has 4 heterocycles. The Morgan fingerprint density at radius 1 is 1.02 bits per heavy atom. The average molecular weight is 848 g/mol. The number of halogens is 8. The number of benzene rings is 2. The van der Waals surface area contributed by atoms with E-state index in [1.807, 2.05) is 0 Å². The Labute approximate surface area is 329 Å². The van der Waals surface area contributed by atoms with Crippen LogP contribution in [-0.4, -0.2) is 55.1 Å². The molecule has 12 nitrogen and oxygen atoms in total. The number of aromatic nitrogens is 7. The minimum atomic E-state index is -5.08. The van der Waals surface area contributed by atoms with E-state index >= 15 is 8.78 Å². The molecule has 1 amide bonds. The van der Waals surface area contributed by atoms with Crippen molar-refractivity contribution in [2.45, 2.75) is 49.9 Å². The van der Waals surface area contributed by atoms with Crippen LogP contribution in [0, 0.1) is 17.6 Å². The minimum Gasteiger partial charge on any atom is -0.346 e. The Bertz CT molecular complexity index is 2720. The minimum absolute atomic E-state index is 0.00152. The molecule has 0 bridgehead atoms. The van der Waals surface area contributed by atoms with Crippen LogP contribution in [0.1, 0.15) is 53.0 Å². The maximum Gasteiger partial charge on any atom is 0.435 e. The van der Waals surface area contributed by atoms with E-state index in [0.29, 0.717) is 16.3 Å². The number of nitrogens with one attached hydrogen (secondary N) is 2. The third-order valence-electron chi connectivity index (χ3n) is 10.2. The molecule has 0 spiro atoms. The zero-order chi connectivity index (χ0) is 41.5. The summed E-state index contributed by atoms with van der Waals surface area (Å²) < 4.78 is 132. The average Bonchev–Trinajstić information content (AvgIpc) is 3.69. The van der Waals surface area contributed by atoms with Gasteiger partial charge in [-0.05, 0) is 61.1 Å². The summed E-state index contributed by atoms with van der Waals surface area (Å²) in [6, 6.07) is 8.97.